The fraction of sp³-hybridized carbons (Fsp3) is 0.375. The van der Waals surface area contributed by atoms with E-state index < -0.39 is 0 Å². The van der Waals surface area contributed by atoms with Crippen LogP contribution in [0.2, 0.25) is 0 Å². The van der Waals surface area contributed by atoms with Gasteiger partial charge in [-0.2, -0.15) is 0 Å². The number of hydrogen-bond donors (Lipinski definition) is 1. The summed E-state index contributed by atoms with van der Waals surface area (Å²) in [5.41, 5.74) is 1.76. The SMILES string of the molecule is Cc1ccc([C@@H](c2cccs2)N2CCNCC2)cc1F.Cl. The second-order valence-corrected chi connectivity index (χ2v) is 6.19. The first kappa shape index (κ1) is 16.4. The van der Waals surface area contributed by atoms with E-state index in [-0.39, 0.29) is 24.3 Å². The van der Waals surface area contributed by atoms with Crippen molar-refractivity contribution >= 4 is 23.7 Å². The van der Waals surface area contributed by atoms with Crippen molar-refractivity contribution in [2.24, 2.45) is 0 Å². The molecule has 3 rings (SSSR count). The number of piperazine rings is 1. The summed E-state index contributed by atoms with van der Waals surface area (Å²) in [7, 11) is 0. The predicted octanol–water partition coefficient (Wildman–Crippen LogP) is 3.61. The standard InChI is InChI=1S/C16H19FN2S.ClH/c1-12-4-5-13(11-14(12)17)16(15-3-2-10-20-15)19-8-6-18-7-9-19;/h2-5,10-11,16,18H,6-9H2,1H3;1H/t16-;/m0./s1. The van der Waals surface area contributed by atoms with Crippen LogP contribution in [0, 0.1) is 12.7 Å². The van der Waals surface area contributed by atoms with Crippen LogP contribution in [-0.2, 0) is 0 Å². The van der Waals surface area contributed by atoms with Gasteiger partial charge in [-0.25, -0.2) is 4.39 Å². The molecule has 1 atom stereocenters. The molecule has 0 unspecified atom stereocenters. The Morgan fingerprint density at radius 2 is 2.00 bits per heavy atom. The lowest BCUT2D eigenvalue weighted by molar-refractivity contribution is 0.200. The molecular weight excluding hydrogens is 307 g/mol. The number of aryl methyl sites for hydroxylation is 1. The molecule has 1 aliphatic heterocycles. The highest BCUT2D eigenvalue weighted by Crippen LogP contribution is 2.32. The van der Waals surface area contributed by atoms with Gasteiger partial charge in [-0.3, -0.25) is 4.90 Å². The number of nitrogens with one attached hydrogen (secondary N) is 1. The van der Waals surface area contributed by atoms with Gasteiger partial charge in [0.2, 0.25) is 0 Å². The average Bonchev–Trinajstić information content (AvgIpc) is 2.98. The summed E-state index contributed by atoms with van der Waals surface area (Å²) in [5.74, 6) is -0.112. The lowest BCUT2D eigenvalue weighted by Crippen LogP contribution is -2.45. The Bertz CT molecular complexity index is 568. The third kappa shape index (κ3) is 3.64. The molecule has 1 N–H and O–H groups in total. The van der Waals surface area contributed by atoms with Crippen molar-refractivity contribution in [1.29, 1.82) is 0 Å². The molecule has 1 aromatic heterocycles. The first-order valence-corrected chi connectivity index (χ1v) is 7.88. The van der Waals surface area contributed by atoms with Gasteiger partial charge in [0.25, 0.3) is 0 Å². The second kappa shape index (κ2) is 7.36. The van der Waals surface area contributed by atoms with E-state index in [1.54, 1.807) is 17.4 Å². The van der Waals surface area contributed by atoms with Crippen LogP contribution in [0.4, 0.5) is 4.39 Å². The largest absolute Gasteiger partial charge is 0.314 e. The molecule has 0 bridgehead atoms. The van der Waals surface area contributed by atoms with Gasteiger partial charge >= 0.3 is 0 Å². The highest BCUT2D eigenvalue weighted by atomic mass is 35.5. The molecular formula is C16H20ClFN2S. The molecule has 2 nitrogen and oxygen atoms in total. The van der Waals surface area contributed by atoms with Crippen LogP contribution < -0.4 is 5.32 Å². The van der Waals surface area contributed by atoms with E-state index in [0.29, 0.717) is 5.56 Å². The van der Waals surface area contributed by atoms with Gasteiger partial charge in [0, 0.05) is 31.1 Å². The molecule has 21 heavy (non-hydrogen) atoms. The molecule has 0 saturated carbocycles. The summed E-state index contributed by atoms with van der Waals surface area (Å²) in [4.78, 5) is 3.72. The minimum atomic E-state index is -0.112. The Labute approximate surface area is 135 Å². The summed E-state index contributed by atoms with van der Waals surface area (Å²) in [5, 5.41) is 5.47. The fourth-order valence-electron chi connectivity index (χ4n) is 2.72. The number of halogens is 2. The van der Waals surface area contributed by atoms with Crippen LogP contribution in [0.25, 0.3) is 0 Å². The van der Waals surface area contributed by atoms with E-state index in [9.17, 15) is 4.39 Å². The highest BCUT2D eigenvalue weighted by molar-refractivity contribution is 7.10. The Hall–Kier alpha value is -0.940. The lowest BCUT2D eigenvalue weighted by Gasteiger charge is -2.34. The van der Waals surface area contributed by atoms with Crippen molar-refractivity contribution in [3.8, 4) is 0 Å². The zero-order valence-electron chi connectivity index (χ0n) is 12.0. The number of rotatable bonds is 3. The topological polar surface area (TPSA) is 15.3 Å². The Kier molecular flexibility index (Phi) is 5.76. The molecule has 0 spiro atoms. The Balaban J connectivity index is 0.00000161. The maximum Gasteiger partial charge on any atom is 0.126 e. The molecule has 0 aliphatic carbocycles. The van der Waals surface area contributed by atoms with Crippen LogP contribution in [0.5, 0.6) is 0 Å². The maximum absolute atomic E-state index is 13.9. The first-order valence-electron chi connectivity index (χ1n) is 7.00. The van der Waals surface area contributed by atoms with E-state index in [4.69, 9.17) is 0 Å². The van der Waals surface area contributed by atoms with Gasteiger partial charge in [-0.05, 0) is 35.6 Å². The van der Waals surface area contributed by atoms with Crippen LogP contribution in [0.1, 0.15) is 22.0 Å². The van der Waals surface area contributed by atoms with Crippen LogP contribution in [-0.4, -0.2) is 31.1 Å². The quantitative estimate of drug-likeness (QED) is 0.927. The summed E-state index contributed by atoms with van der Waals surface area (Å²) in [6.45, 7) is 5.80. The van der Waals surface area contributed by atoms with Crippen molar-refractivity contribution in [1.82, 2.24) is 10.2 Å². The smallest absolute Gasteiger partial charge is 0.126 e. The van der Waals surface area contributed by atoms with E-state index in [1.165, 1.54) is 4.88 Å². The number of nitrogens with zero attached hydrogens (tertiary/aromatic N) is 1. The monoisotopic (exact) mass is 326 g/mol. The first-order chi connectivity index (χ1) is 9.75. The molecule has 2 aromatic rings. The zero-order valence-corrected chi connectivity index (χ0v) is 13.6. The van der Waals surface area contributed by atoms with E-state index in [2.05, 4.69) is 33.8 Å². The number of thiophene rings is 1. The van der Waals surface area contributed by atoms with Crippen molar-refractivity contribution < 1.29 is 4.39 Å². The Morgan fingerprint density at radius 3 is 2.62 bits per heavy atom. The molecule has 0 radical (unpaired) electrons. The minimum absolute atomic E-state index is 0. The molecule has 1 aromatic carbocycles. The normalized spacial score (nSPS) is 17.2. The van der Waals surface area contributed by atoms with Gasteiger partial charge in [0.05, 0.1) is 6.04 Å². The van der Waals surface area contributed by atoms with Gasteiger partial charge in [-0.1, -0.05) is 18.2 Å². The van der Waals surface area contributed by atoms with Crippen molar-refractivity contribution in [2.75, 3.05) is 26.2 Å². The molecule has 0 amide bonds. The van der Waals surface area contributed by atoms with E-state index in [0.717, 1.165) is 31.7 Å². The van der Waals surface area contributed by atoms with Crippen LogP contribution >= 0.6 is 23.7 Å². The number of benzene rings is 1. The third-order valence-corrected chi connectivity index (χ3v) is 4.77. The lowest BCUT2D eigenvalue weighted by atomic mass is 10.0. The molecule has 5 heteroatoms. The van der Waals surface area contributed by atoms with Crippen molar-refractivity contribution in [3.63, 3.8) is 0 Å². The zero-order chi connectivity index (χ0) is 13.9. The third-order valence-electron chi connectivity index (χ3n) is 3.84. The highest BCUT2D eigenvalue weighted by Gasteiger charge is 2.25. The van der Waals surface area contributed by atoms with Crippen LogP contribution in [0.3, 0.4) is 0 Å². The summed E-state index contributed by atoms with van der Waals surface area (Å²) in [6, 6.07) is 10.0. The van der Waals surface area contributed by atoms with Gasteiger partial charge in [0.1, 0.15) is 5.82 Å². The summed E-state index contributed by atoms with van der Waals surface area (Å²) >= 11 is 1.75. The summed E-state index contributed by atoms with van der Waals surface area (Å²) in [6.07, 6.45) is 0. The number of hydrogen-bond acceptors (Lipinski definition) is 3. The van der Waals surface area contributed by atoms with Gasteiger partial charge in [-0.15, -0.1) is 23.7 Å². The van der Waals surface area contributed by atoms with Gasteiger partial charge < -0.3 is 5.32 Å². The van der Waals surface area contributed by atoms with Crippen molar-refractivity contribution in [2.45, 2.75) is 13.0 Å². The van der Waals surface area contributed by atoms with Crippen molar-refractivity contribution in [3.05, 3.63) is 57.5 Å². The minimum Gasteiger partial charge on any atom is -0.314 e. The van der Waals surface area contributed by atoms with E-state index in [1.807, 2.05) is 13.0 Å². The predicted molar refractivity (Wildman–Crippen MR) is 89.0 cm³/mol. The average molecular weight is 327 g/mol. The second-order valence-electron chi connectivity index (χ2n) is 5.21. The van der Waals surface area contributed by atoms with Crippen LogP contribution in [0.15, 0.2) is 35.7 Å². The molecule has 114 valence electrons. The maximum atomic E-state index is 13.9. The Morgan fingerprint density at radius 1 is 1.24 bits per heavy atom. The fourth-order valence-corrected chi connectivity index (χ4v) is 3.61. The molecule has 1 aliphatic rings. The van der Waals surface area contributed by atoms with Gasteiger partial charge in [0.15, 0.2) is 0 Å². The molecule has 2 heterocycles. The van der Waals surface area contributed by atoms with E-state index >= 15 is 0 Å². The summed E-state index contributed by atoms with van der Waals surface area (Å²) < 4.78 is 13.9. The molecule has 1 fully saturated rings. The molecule has 1 saturated heterocycles.